The van der Waals surface area contributed by atoms with Crippen molar-refractivity contribution in [2.24, 2.45) is 9.98 Å². The molecule has 0 spiro atoms. The topological polar surface area (TPSA) is 83.0 Å². The van der Waals surface area contributed by atoms with Gasteiger partial charge in [0.1, 0.15) is 0 Å². The van der Waals surface area contributed by atoms with Crippen molar-refractivity contribution in [3.63, 3.8) is 0 Å². The molecule has 0 unspecified atom stereocenters. The van der Waals surface area contributed by atoms with E-state index < -0.39 is 0 Å². The third-order valence-corrected chi connectivity index (χ3v) is 9.55. The Hall–Kier alpha value is -4.73. The first-order valence-electron chi connectivity index (χ1n) is 14.7. The zero-order chi connectivity index (χ0) is 31.3. The van der Waals surface area contributed by atoms with Gasteiger partial charge in [-0.2, -0.15) is 0 Å². The molecule has 2 aliphatic rings. The predicted octanol–water partition coefficient (Wildman–Crippen LogP) is 8.94. The molecule has 0 fully saturated rings. The first-order valence-corrected chi connectivity index (χ1v) is 16.3. The third kappa shape index (κ3) is 6.55. The number of rotatable bonds is 8. The Bertz CT molecular complexity index is 1740. The highest BCUT2D eigenvalue weighted by Gasteiger charge is 2.29. The van der Waals surface area contributed by atoms with Gasteiger partial charge in [-0.15, -0.1) is 0 Å². The van der Waals surface area contributed by atoms with Crippen molar-refractivity contribution >= 4 is 63.9 Å². The number of aliphatic hydroxyl groups is 2. The number of aliphatic imine (C=N–C) groups is 2. The molecule has 0 aromatic heterocycles. The maximum Gasteiger partial charge on any atom is 0.348 e. The van der Waals surface area contributed by atoms with Crippen LogP contribution in [0.5, 0.6) is 0 Å². The molecule has 6 rings (SSSR count). The van der Waals surface area contributed by atoms with Gasteiger partial charge in [-0.1, -0.05) is 59.9 Å². The lowest BCUT2D eigenvalue weighted by atomic mass is 10.2. The van der Waals surface area contributed by atoms with Gasteiger partial charge in [0.15, 0.2) is 0 Å². The average molecular weight is 634 g/mol. The summed E-state index contributed by atoms with van der Waals surface area (Å²) in [5.41, 5.74) is 4.93. The fourth-order valence-corrected chi connectivity index (χ4v) is 7.55. The van der Waals surface area contributed by atoms with Gasteiger partial charge in [-0.25, -0.2) is 9.98 Å². The number of hydrogen-bond donors (Lipinski definition) is 2. The fourth-order valence-electron chi connectivity index (χ4n) is 5.15. The van der Waals surface area contributed by atoms with Crippen molar-refractivity contribution < 1.29 is 14.6 Å². The molecule has 45 heavy (non-hydrogen) atoms. The minimum atomic E-state index is -0.00857. The Morgan fingerprint density at radius 3 is 1.47 bits per heavy atom. The van der Waals surface area contributed by atoms with E-state index >= 15 is 0 Å². The number of carbonyl (C=O) groups excluding carboxylic acids is 1. The highest BCUT2D eigenvalue weighted by atomic mass is 32.2. The first-order chi connectivity index (χ1) is 22.0. The minimum Gasteiger partial charge on any atom is -0.493 e. The summed E-state index contributed by atoms with van der Waals surface area (Å²) in [6, 6.07) is 30.6. The molecule has 0 radical (unpaired) electrons. The second-order valence-electron chi connectivity index (χ2n) is 10.2. The molecule has 4 aromatic carbocycles. The van der Waals surface area contributed by atoms with Crippen LogP contribution in [0.1, 0.15) is 25.0 Å². The van der Waals surface area contributed by atoms with Crippen LogP contribution in [0, 0.1) is 0 Å². The number of ketones is 1. The monoisotopic (exact) mass is 633 g/mol. The maximum absolute atomic E-state index is 10.5. The fraction of sp³-hybridized carbons (Fsp3) is 0.139. The van der Waals surface area contributed by atoms with Crippen molar-refractivity contribution in [2.75, 3.05) is 30.0 Å². The number of aliphatic hydroxyl groups excluding tert-OH is 2. The van der Waals surface area contributed by atoms with Gasteiger partial charge >= 0.3 is 5.78 Å². The van der Waals surface area contributed by atoms with Crippen molar-refractivity contribution in [3.05, 3.63) is 130 Å². The molecule has 0 amide bonds. The van der Waals surface area contributed by atoms with Crippen LogP contribution in [-0.4, -0.2) is 48.0 Å². The normalized spacial score (nSPS) is 16.3. The molecule has 2 N–H and O–H groups in total. The third-order valence-electron chi connectivity index (χ3n) is 7.36. The first kappa shape index (κ1) is 30.3. The van der Waals surface area contributed by atoms with E-state index in [4.69, 9.17) is 4.42 Å². The summed E-state index contributed by atoms with van der Waals surface area (Å²) in [5.74, 6) is 0.717. The molecule has 0 saturated heterocycles. The van der Waals surface area contributed by atoms with E-state index in [1.165, 1.54) is 0 Å². The molecule has 0 aliphatic carbocycles. The van der Waals surface area contributed by atoms with Crippen molar-refractivity contribution in [1.29, 1.82) is 0 Å². The number of anilines is 2. The lowest BCUT2D eigenvalue weighted by Crippen LogP contribution is -2.19. The van der Waals surface area contributed by atoms with Gasteiger partial charge < -0.3 is 20.0 Å². The Balaban J connectivity index is 1.23. The molecule has 0 atom stereocenters. The van der Waals surface area contributed by atoms with Crippen LogP contribution in [0.15, 0.2) is 139 Å². The van der Waals surface area contributed by atoms with E-state index in [9.17, 15) is 10.2 Å². The van der Waals surface area contributed by atoms with E-state index in [-0.39, 0.29) is 11.8 Å². The molecular formula is C36H33N4O3S2+. The van der Waals surface area contributed by atoms with Crippen LogP contribution < -0.4 is 9.80 Å². The summed E-state index contributed by atoms with van der Waals surface area (Å²) < 4.78 is 5.88. The molecule has 4 aromatic rings. The molecule has 9 heteroatoms. The van der Waals surface area contributed by atoms with Crippen LogP contribution in [-0.2, 0) is 4.42 Å². The van der Waals surface area contributed by atoms with Crippen molar-refractivity contribution in [2.45, 2.75) is 23.6 Å². The number of benzene rings is 4. The largest absolute Gasteiger partial charge is 0.493 e. The summed E-state index contributed by atoms with van der Waals surface area (Å²) in [7, 11) is 1.69. The molecule has 2 heterocycles. The average Bonchev–Trinajstić information content (AvgIpc) is 3.60. The predicted molar refractivity (Wildman–Crippen MR) is 188 cm³/mol. The zero-order valence-corrected chi connectivity index (χ0v) is 26.8. The lowest BCUT2D eigenvalue weighted by Gasteiger charge is -2.18. The van der Waals surface area contributed by atoms with E-state index in [0.29, 0.717) is 22.5 Å². The van der Waals surface area contributed by atoms with Gasteiger partial charge in [-0.05, 0) is 74.5 Å². The van der Waals surface area contributed by atoms with Crippen LogP contribution >= 0.6 is 23.5 Å². The van der Waals surface area contributed by atoms with Crippen LogP contribution in [0.2, 0.25) is 0 Å². The maximum atomic E-state index is 10.5. The molecule has 2 aliphatic heterocycles. The van der Waals surface area contributed by atoms with Gasteiger partial charge in [0.05, 0.1) is 45.0 Å². The molecular weight excluding hydrogens is 601 g/mol. The Kier molecular flexibility index (Phi) is 9.09. The Morgan fingerprint density at radius 1 is 0.667 bits per heavy atom. The summed E-state index contributed by atoms with van der Waals surface area (Å²) >= 11 is 3.31. The molecule has 7 nitrogen and oxygen atoms in total. The Labute approximate surface area is 271 Å². The van der Waals surface area contributed by atoms with E-state index in [0.717, 1.165) is 50.1 Å². The molecule has 0 saturated carbocycles. The van der Waals surface area contributed by atoms with E-state index in [1.807, 2.05) is 97.1 Å². The van der Waals surface area contributed by atoms with Crippen LogP contribution in [0.25, 0.3) is 0 Å². The van der Waals surface area contributed by atoms with Gasteiger partial charge in [0, 0.05) is 34.0 Å². The van der Waals surface area contributed by atoms with Gasteiger partial charge in [0.2, 0.25) is 11.8 Å². The Morgan fingerprint density at radius 2 is 1.09 bits per heavy atom. The second-order valence-corrected chi connectivity index (χ2v) is 12.3. The smallest absolute Gasteiger partial charge is 0.348 e. The summed E-state index contributed by atoms with van der Waals surface area (Å²) in [4.78, 5) is 15.5. The van der Waals surface area contributed by atoms with Crippen molar-refractivity contribution in [1.82, 2.24) is 0 Å². The van der Waals surface area contributed by atoms with Gasteiger partial charge in [-0.3, -0.25) is 4.42 Å². The summed E-state index contributed by atoms with van der Waals surface area (Å²) in [5, 5.41) is 23.2. The SMILES string of the molecule is CCN1C(=CC(C=C2Sc3cc(N=C(O)c4ccccc4)ccc3N2CC)=[O+]C)Sc2cc(N=C(O)c3ccccc3)ccc21. The van der Waals surface area contributed by atoms with E-state index in [2.05, 4.69) is 45.8 Å². The number of allylic oxidation sites excluding steroid dienone is 2. The molecule has 226 valence electrons. The summed E-state index contributed by atoms with van der Waals surface area (Å²) in [6.45, 7) is 5.83. The van der Waals surface area contributed by atoms with E-state index in [1.54, 1.807) is 30.6 Å². The second kappa shape index (κ2) is 13.5. The number of nitrogens with zero attached hydrogens (tertiary/aromatic N) is 4. The number of hydrogen-bond acceptors (Lipinski definition) is 6. The number of fused-ring (bicyclic) bond motifs is 2. The quantitative estimate of drug-likeness (QED) is 0.0873. The highest BCUT2D eigenvalue weighted by Crippen LogP contribution is 2.49. The highest BCUT2D eigenvalue weighted by molar-refractivity contribution is 8.04. The summed E-state index contributed by atoms with van der Waals surface area (Å²) in [6.07, 6.45) is 4.13. The van der Waals surface area contributed by atoms with Crippen molar-refractivity contribution in [3.8, 4) is 0 Å². The van der Waals surface area contributed by atoms with Crippen LogP contribution in [0.4, 0.5) is 22.7 Å². The van der Waals surface area contributed by atoms with Gasteiger partial charge in [0.25, 0.3) is 7.11 Å². The minimum absolute atomic E-state index is 0.00857. The molecule has 0 bridgehead atoms. The lowest BCUT2D eigenvalue weighted by molar-refractivity contribution is -0.417. The standard InChI is InChI=1S/C36H32N4O3S2/c1-4-39-29-18-16-26(37-35(41)24-12-8-6-9-13-24)20-31(29)44-33(39)22-28(43-3)23-34-40(5-2)30-19-17-27(21-32(30)45-34)38-36(42)25-14-10-7-11-15-25/h6-23H,4-5H2,1-3H3,(H-,37,38,41,42)/p+1. The zero-order valence-electron chi connectivity index (χ0n) is 25.2. The number of thioether (sulfide) groups is 2. The van der Waals surface area contributed by atoms with Crippen LogP contribution in [0.3, 0.4) is 0 Å².